The fourth-order valence-corrected chi connectivity index (χ4v) is 2.73. The first-order chi connectivity index (χ1) is 13.6. The van der Waals surface area contributed by atoms with Crippen LogP contribution in [-0.2, 0) is 4.74 Å². The molecule has 0 bridgehead atoms. The van der Waals surface area contributed by atoms with Crippen molar-refractivity contribution >= 4 is 17.6 Å². The van der Waals surface area contributed by atoms with Crippen LogP contribution in [0.25, 0.3) is 5.69 Å². The molecule has 2 aromatic carbocycles. The monoisotopic (exact) mass is 380 g/mol. The summed E-state index contributed by atoms with van der Waals surface area (Å²) < 4.78 is 11.9. The van der Waals surface area contributed by atoms with Gasteiger partial charge in [-0.25, -0.2) is 9.48 Å². The molecule has 1 aromatic heterocycles. The number of hydrogen-bond donors (Lipinski definition) is 1. The molecule has 1 heterocycles. The summed E-state index contributed by atoms with van der Waals surface area (Å²) in [5.74, 6) is -0.377. The standard InChI is InChI=1S/C20H20N4O4/c1-4-28-20(26)14-9-5-6-10-15(14)21-19(25)18-13(2)24(23-22-18)16-11-7-8-12-17(16)27-3/h5-12H,4H2,1-3H3,(H,21,25). The first-order valence-corrected chi connectivity index (χ1v) is 8.70. The normalized spacial score (nSPS) is 10.4. The molecule has 0 aliphatic carbocycles. The molecule has 8 heteroatoms. The zero-order chi connectivity index (χ0) is 20.1. The van der Waals surface area contributed by atoms with Crippen LogP contribution in [0.1, 0.15) is 33.5 Å². The van der Waals surface area contributed by atoms with E-state index < -0.39 is 11.9 Å². The molecule has 0 aliphatic heterocycles. The second-order valence-corrected chi connectivity index (χ2v) is 5.83. The van der Waals surface area contributed by atoms with Crippen molar-refractivity contribution in [2.75, 3.05) is 19.0 Å². The van der Waals surface area contributed by atoms with Gasteiger partial charge in [-0.15, -0.1) is 5.10 Å². The van der Waals surface area contributed by atoms with Crippen molar-refractivity contribution in [2.24, 2.45) is 0 Å². The van der Waals surface area contributed by atoms with Crippen LogP contribution in [0.15, 0.2) is 48.5 Å². The van der Waals surface area contributed by atoms with Gasteiger partial charge < -0.3 is 14.8 Å². The Morgan fingerprint density at radius 2 is 1.82 bits per heavy atom. The summed E-state index contributed by atoms with van der Waals surface area (Å²) in [7, 11) is 1.56. The lowest BCUT2D eigenvalue weighted by Crippen LogP contribution is -2.17. The third-order valence-electron chi connectivity index (χ3n) is 4.09. The number of ether oxygens (including phenoxy) is 2. The maximum Gasteiger partial charge on any atom is 0.340 e. The molecule has 0 atom stereocenters. The van der Waals surface area contributed by atoms with Crippen molar-refractivity contribution in [3.05, 3.63) is 65.5 Å². The van der Waals surface area contributed by atoms with Gasteiger partial charge in [0.1, 0.15) is 11.4 Å². The van der Waals surface area contributed by atoms with Crippen LogP contribution in [0.4, 0.5) is 5.69 Å². The predicted molar refractivity (Wildman–Crippen MR) is 103 cm³/mol. The zero-order valence-electron chi connectivity index (χ0n) is 15.8. The van der Waals surface area contributed by atoms with Gasteiger partial charge in [0.25, 0.3) is 5.91 Å². The summed E-state index contributed by atoms with van der Waals surface area (Å²) in [5, 5.41) is 10.8. The Labute approximate surface area is 162 Å². The smallest absolute Gasteiger partial charge is 0.340 e. The Kier molecular flexibility index (Phi) is 5.69. The Bertz CT molecular complexity index is 1010. The van der Waals surface area contributed by atoms with Crippen molar-refractivity contribution in [3.63, 3.8) is 0 Å². The highest BCUT2D eigenvalue weighted by Crippen LogP contribution is 2.24. The van der Waals surface area contributed by atoms with E-state index in [0.717, 1.165) is 0 Å². The molecular formula is C20H20N4O4. The van der Waals surface area contributed by atoms with Crippen molar-refractivity contribution in [1.29, 1.82) is 0 Å². The first-order valence-electron chi connectivity index (χ1n) is 8.70. The van der Waals surface area contributed by atoms with Crippen LogP contribution in [0.5, 0.6) is 5.75 Å². The Hall–Kier alpha value is -3.68. The maximum absolute atomic E-state index is 12.8. The van der Waals surface area contributed by atoms with Gasteiger partial charge >= 0.3 is 5.97 Å². The lowest BCUT2D eigenvalue weighted by Gasteiger charge is -2.10. The van der Waals surface area contributed by atoms with Crippen LogP contribution >= 0.6 is 0 Å². The number of amides is 1. The minimum absolute atomic E-state index is 0.143. The second kappa shape index (κ2) is 8.34. The highest BCUT2D eigenvalue weighted by atomic mass is 16.5. The minimum Gasteiger partial charge on any atom is -0.494 e. The van der Waals surface area contributed by atoms with Gasteiger partial charge in [-0.1, -0.05) is 29.5 Å². The van der Waals surface area contributed by atoms with E-state index in [1.807, 2.05) is 18.2 Å². The van der Waals surface area contributed by atoms with Crippen molar-refractivity contribution in [1.82, 2.24) is 15.0 Å². The summed E-state index contributed by atoms with van der Waals surface area (Å²) >= 11 is 0. The second-order valence-electron chi connectivity index (χ2n) is 5.83. The first kappa shape index (κ1) is 19.1. The van der Waals surface area contributed by atoms with Crippen LogP contribution in [0, 0.1) is 6.92 Å². The molecule has 3 rings (SSSR count). The number of nitrogens with one attached hydrogen (secondary N) is 1. The summed E-state index contributed by atoms with van der Waals surface area (Å²) in [6, 6.07) is 13.9. The van der Waals surface area contributed by atoms with Gasteiger partial charge in [0.2, 0.25) is 0 Å². The van der Waals surface area contributed by atoms with Gasteiger partial charge in [0, 0.05) is 0 Å². The fourth-order valence-electron chi connectivity index (χ4n) is 2.73. The summed E-state index contributed by atoms with van der Waals surface area (Å²) in [6.45, 7) is 3.70. The predicted octanol–water partition coefficient (Wildman–Crippen LogP) is 3.01. The number of esters is 1. The van der Waals surface area contributed by atoms with E-state index in [9.17, 15) is 9.59 Å². The number of nitrogens with zero attached hydrogens (tertiary/aromatic N) is 3. The van der Waals surface area contributed by atoms with E-state index in [0.29, 0.717) is 22.8 Å². The number of rotatable bonds is 6. The molecule has 1 N–H and O–H groups in total. The number of hydrogen-bond acceptors (Lipinski definition) is 6. The molecule has 144 valence electrons. The molecule has 0 spiro atoms. The van der Waals surface area contributed by atoms with E-state index in [1.165, 1.54) is 4.68 Å². The lowest BCUT2D eigenvalue weighted by molar-refractivity contribution is 0.0527. The largest absolute Gasteiger partial charge is 0.494 e. The van der Waals surface area contributed by atoms with E-state index in [1.54, 1.807) is 51.3 Å². The van der Waals surface area contributed by atoms with E-state index >= 15 is 0 Å². The third-order valence-corrected chi connectivity index (χ3v) is 4.09. The van der Waals surface area contributed by atoms with Crippen molar-refractivity contribution < 1.29 is 19.1 Å². The molecule has 0 saturated heterocycles. The molecule has 0 unspecified atom stereocenters. The SMILES string of the molecule is CCOC(=O)c1ccccc1NC(=O)c1nnn(-c2ccccc2OC)c1C. The van der Waals surface area contributed by atoms with E-state index in [-0.39, 0.29) is 17.9 Å². The topological polar surface area (TPSA) is 95.3 Å². The van der Waals surface area contributed by atoms with Crippen LogP contribution in [0.3, 0.4) is 0 Å². The van der Waals surface area contributed by atoms with Gasteiger partial charge in [-0.3, -0.25) is 4.79 Å². The number of anilines is 1. The number of para-hydroxylation sites is 3. The van der Waals surface area contributed by atoms with Gasteiger partial charge in [-0.05, 0) is 38.1 Å². The molecule has 8 nitrogen and oxygen atoms in total. The molecule has 1 amide bonds. The quantitative estimate of drug-likeness (QED) is 0.661. The zero-order valence-corrected chi connectivity index (χ0v) is 15.8. The Balaban J connectivity index is 1.90. The molecule has 0 radical (unpaired) electrons. The Morgan fingerprint density at radius 1 is 1.11 bits per heavy atom. The number of carbonyl (C=O) groups excluding carboxylic acids is 2. The third kappa shape index (κ3) is 3.71. The average molecular weight is 380 g/mol. The average Bonchev–Trinajstić information content (AvgIpc) is 3.09. The van der Waals surface area contributed by atoms with Gasteiger partial charge in [0.05, 0.1) is 30.7 Å². The lowest BCUT2D eigenvalue weighted by atomic mass is 10.1. The van der Waals surface area contributed by atoms with Crippen LogP contribution < -0.4 is 10.1 Å². The number of carbonyl (C=O) groups is 2. The van der Waals surface area contributed by atoms with E-state index in [2.05, 4.69) is 15.6 Å². The molecule has 0 saturated carbocycles. The van der Waals surface area contributed by atoms with Crippen LogP contribution in [0.2, 0.25) is 0 Å². The highest BCUT2D eigenvalue weighted by Gasteiger charge is 2.21. The summed E-state index contributed by atoms with van der Waals surface area (Å²) in [5.41, 5.74) is 1.96. The number of benzene rings is 2. The minimum atomic E-state index is -0.507. The molecule has 3 aromatic rings. The highest BCUT2D eigenvalue weighted by molar-refractivity contribution is 6.07. The fraction of sp³-hybridized carbons (Fsp3) is 0.200. The number of methoxy groups -OCH3 is 1. The Morgan fingerprint density at radius 3 is 2.57 bits per heavy atom. The molecule has 0 aliphatic rings. The van der Waals surface area contributed by atoms with Crippen molar-refractivity contribution in [2.45, 2.75) is 13.8 Å². The molecular weight excluding hydrogens is 360 g/mol. The van der Waals surface area contributed by atoms with Crippen molar-refractivity contribution in [3.8, 4) is 11.4 Å². The van der Waals surface area contributed by atoms with E-state index in [4.69, 9.17) is 9.47 Å². The maximum atomic E-state index is 12.8. The van der Waals surface area contributed by atoms with Crippen LogP contribution in [-0.4, -0.2) is 40.6 Å². The molecule has 28 heavy (non-hydrogen) atoms. The molecule has 0 fully saturated rings. The summed E-state index contributed by atoms with van der Waals surface area (Å²) in [6.07, 6.45) is 0. The number of aromatic nitrogens is 3. The summed E-state index contributed by atoms with van der Waals surface area (Å²) in [4.78, 5) is 24.8. The van der Waals surface area contributed by atoms with Gasteiger partial charge in [-0.2, -0.15) is 0 Å². The van der Waals surface area contributed by atoms with Gasteiger partial charge in [0.15, 0.2) is 5.69 Å².